The molecule has 0 aromatic heterocycles. The lowest BCUT2D eigenvalue weighted by Crippen LogP contribution is -2.68. The van der Waals surface area contributed by atoms with E-state index in [1.165, 1.54) is 0 Å². The van der Waals surface area contributed by atoms with Crippen molar-refractivity contribution in [2.75, 3.05) is 39.6 Å². The van der Waals surface area contributed by atoms with Crippen LogP contribution in [0, 0.1) is 28.1 Å². The van der Waals surface area contributed by atoms with Crippen molar-refractivity contribution in [1.29, 1.82) is 0 Å². The standard InChI is InChI=1S/C55H90O32/c1-19-11-54-9-5-26-52(2,7-4-8-53(26,3)51(75)86-49-43(84-45-37(71)28(62)20(61)17-76-45)41(32(66)24(15-59)80-49)82-46-38(72)34(68)29(63)21(12-56)77-46)27(54)6-10-55(19,18-54)87-50-44(85-48-40(74)36(70)31(65)23(14-58)79-48)42(33(67)25(16-60)81-50)83-47-39(73)35(69)30(64)22(13-57)78-47/h20-51,56-75H,1,4-18H2,2-3H3/t20?,21?,22?,23?,24?,25?,26?,27-,28?,29?,30?,31?,32?,33?,34?,35?,36?,37?,38?,39?,40?,41?,42?,43?,44?,45?,46?,47?,48?,49?,50?,51?,52+,53+,54+,55-/m0/s1. The molecule has 36 atom stereocenters. The molecule has 87 heavy (non-hydrogen) atoms. The Bertz CT molecular complexity index is 2290. The van der Waals surface area contributed by atoms with Gasteiger partial charge < -0.3 is 159 Å². The van der Waals surface area contributed by atoms with Crippen molar-refractivity contribution in [3.05, 3.63) is 12.2 Å². The molecule has 6 aliphatic heterocycles. The highest BCUT2D eigenvalue weighted by atomic mass is 16.8. The maximum Gasteiger partial charge on any atom is 0.190 e. The predicted molar refractivity (Wildman–Crippen MR) is 279 cm³/mol. The third-order valence-electron chi connectivity index (χ3n) is 21.1. The summed E-state index contributed by atoms with van der Waals surface area (Å²) in [6, 6.07) is 0. The fraction of sp³-hybridized carbons (Fsp3) is 0.964. The number of hydrogen-bond donors (Lipinski definition) is 20. The van der Waals surface area contributed by atoms with E-state index < -0.39 is 246 Å². The third kappa shape index (κ3) is 12.1. The number of ether oxygens (including phenoxy) is 12. The van der Waals surface area contributed by atoms with Crippen molar-refractivity contribution in [2.24, 2.45) is 28.1 Å². The van der Waals surface area contributed by atoms with Crippen LogP contribution < -0.4 is 0 Å². The first-order valence-corrected chi connectivity index (χ1v) is 29.9. The lowest BCUT2D eigenvalue weighted by molar-refractivity contribution is -0.405. The highest BCUT2D eigenvalue weighted by Gasteiger charge is 2.70. The molecule has 32 nitrogen and oxygen atoms in total. The first-order valence-electron chi connectivity index (χ1n) is 29.9. The van der Waals surface area contributed by atoms with Crippen molar-refractivity contribution >= 4 is 0 Å². The molecule has 10 aliphatic rings. The Labute approximate surface area is 499 Å². The molecule has 1 spiro atoms. The number of rotatable bonds is 18. The molecule has 0 aromatic rings. The van der Waals surface area contributed by atoms with Crippen LogP contribution in [-0.4, -0.2) is 332 Å². The second kappa shape index (κ2) is 26.7. The SMILES string of the molecule is C=C1C[C@@]23CCC4[C@](C)(C(O)OC5OC(CO)C(O)C(OC6OC(CO)C(O)C(O)C6O)C5OC5OCC(O)C(O)C5O)CCC[C@@]4(C)[C@@H]2CC[C@]1(OC1OC(CO)C(O)C(OC2OC(CO)C(O)C(O)C2O)C1OC1OC(CO)C(O)C(O)C1O)C3. The Morgan fingerprint density at radius 3 is 1.37 bits per heavy atom. The van der Waals surface area contributed by atoms with E-state index in [2.05, 4.69) is 13.5 Å². The summed E-state index contributed by atoms with van der Waals surface area (Å²) in [6.45, 7) is 3.72. The summed E-state index contributed by atoms with van der Waals surface area (Å²) in [5.41, 5.74) is -2.80. The van der Waals surface area contributed by atoms with E-state index in [1.54, 1.807) is 0 Å². The van der Waals surface area contributed by atoms with Crippen molar-refractivity contribution in [3.63, 3.8) is 0 Å². The highest BCUT2D eigenvalue weighted by Crippen LogP contribution is 2.74. The summed E-state index contributed by atoms with van der Waals surface area (Å²) in [7, 11) is 0. The summed E-state index contributed by atoms with van der Waals surface area (Å²) in [4.78, 5) is 0. The van der Waals surface area contributed by atoms with E-state index in [9.17, 15) is 102 Å². The van der Waals surface area contributed by atoms with E-state index in [0.29, 0.717) is 56.9 Å². The van der Waals surface area contributed by atoms with E-state index in [0.717, 1.165) is 0 Å². The quantitative estimate of drug-likeness (QED) is 0.0344. The Balaban J connectivity index is 0.914. The Morgan fingerprint density at radius 2 is 0.874 bits per heavy atom. The van der Waals surface area contributed by atoms with Gasteiger partial charge in [-0.1, -0.05) is 26.8 Å². The molecule has 10 rings (SSSR count). The summed E-state index contributed by atoms with van der Waals surface area (Å²) in [5.74, 6) is -0.395. The number of aliphatic hydroxyl groups is 20. The van der Waals surface area contributed by atoms with Crippen molar-refractivity contribution in [2.45, 2.75) is 262 Å². The van der Waals surface area contributed by atoms with Gasteiger partial charge in [-0.25, -0.2) is 0 Å². The van der Waals surface area contributed by atoms with Crippen LogP contribution in [-0.2, 0) is 56.8 Å². The van der Waals surface area contributed by atoms with Gasteiger partial charge in [-0.15, -0.1) is 0 Å². The summed E-state index contributed by atoms with van der Waals surface area (Å²) >= 11 is 0. The average Bonchev–Trinajstić information content (AvgIpc) is 1.71. The van der Waals surface area contributed by atoms with E-state index in [1.807, 2.05) is 6.92 Å². The third-order valence-corrected chi connectivity index (χ3v) is 21.1. The molecule has 32 heteroatoms. The molecular formula is C55H90O32. The molecule has 0 radical (unpaired) electrons. The first-order chi connectivity index (χ1) is 41.2. The molecule has 6 heterocycles. The molecule has 10 fully saturated rings. The number of fused-ring (bicyclic) bond motifs is 3. The van der Waals surface area contributed by atoms with Gasteiger partial charge in [-0.05, 0) is 79.6 Å². The summed E-state index contributed by atoms with van der Waals surface area (Å²) < 4.78 is 73.2. The molecule has 20 N–H and O–H groups in total. The van der Waals surface area contributed by atoms with Crippen LogP contribution in [0.2, 0.25) is 0 Å². The molecule has 0 aromatic carbocycles. The highest BCUT2D eigenvalue weighted by molar-refractivity contribution is 5.30. The van der Waals surface area contributed by atoms with Crippen LogP contribution in [0.1, 0.15) is 71.6 Å². The molecule has 4 aliphatic carbocycles. The van der Waals surface area contributed by atoms with Gasteiger partial charge in [0.25, 0.3) is 0 Å². The normalized spacial score (nSPS) is 55.1. The minimum Gasteiger partial charge on any atom is -0.394 e. The van der Waals surface area contributed by atoms with Gasteiger partial charge in [0, 0.05) is 5.41 Å². The van der Waals surface area contributed by atoms with Crippen LogP contribution >= 0.6 is 0 Å². The van der Waals surface area contributed by atoms with Gasteiger partial charge in [0.15, 0.2) is 44.0 Å². The topological polar surface area (TPSA) is 515 Å². The van der Waals surface area contributed by atoms with Crippen LogP contribution in [0.5, 0.6) is 0 Å². The van der Waals surface area contributed by atoms with Crippen LogP contribution in [0.15, 0.2) is 12.2 Å². The zero-order chi connectivity index (χ0) is 63.1. The zero-order valence-electron chi connectivity index (χ0n) is 48.1. The second-order valence-electron chi connectivity index (χ2n) is 26.1. The van der Waals surface area contributed by atoms with E-state index in [4.69, 9.17) is 56.8 Å². The molecule has 0 amide bonds. The van der Waals surface area contributed by atoms with Gasteiger partial charge in [-0.2, -0.15) is 0 Å². The van der Waals surface area contributed by atoms with Gasteiger partial charge in [0.2, 0.25) is 0 Å². The average molecular weight is 1260 g/mol. The minimum atomic E-state index is -2.01. The smallest absolute Gasteiger partial charge is 0.190 e. The molecular weight excluding hydrogens is 1170 g/mol. The van der Waals surface area contributed by atoms with Crippen molar-refractivity contribution in [3.8, 4) is 0 Å². The van der Waals surface area contributed by atoms with E-state index in [-0.39, 0.29) is 18.3 Å². The Hall–Kier alpha value is -1.54. The van der Waals surface area contributed by atoms with Gasteiger partial charge >= 0.3 is 0 Å². The number of hydrogen-bond acceptors (Lipinski definition) is 32. The van der Waals surface area contributed by atoms with Gasteiger partial charge in [0.05, 0.1) is 45.2 Å². The summed E-state index contributed by atoms with van der Waals surface area (Å²) in [5, 5.41) is 217. The number of aliphatic hydroxyl groups excluding tert-OH is 20. The predicted octanol–water partition coefficient (Wildman–Crippen LogP) is -9.03. The van der Waals surface area contributed by atoms with Crippen LogP contribution in [0.25, 0.3) is 0 Å². The van der Waals surface area contributed by atoms with Crippen molar-refractivity contribution < 1.29 is 159 Å². The maximum absolute atomic E-state index is 12.7. The molecule has 6 saturated heterocycles. The molecule has 502 valence electrons. The zero-order valence-corrected chi connectivity index (χ0v) is 48.1. The molecule has 31 unspecified atom stereocenters. The van der Waals surface area contributed by atoms with Crippen LogP contribution in [0.4, 0.5) is 0 Å². The molecule has 2 bridgehead atoms. The first kappa shape index (κ1) is 68.3. The lowest BCUT2D eigenvalue weighted by atomic mass is 9.40. The van der Waals surface area contributed by atoms with Gasteiger partial charge in [0.1, 0.15) is 140 Å². The Kier molecular flexibility index (Phi) is 21.0. The monoisotopic (exact) mass is 1260 g/mol. The fourth-order valence-electron chi connectivity index (χ4n) is 16.3. The maximum atomic E-state index is 12.7. The van der Waals surface area contributed by atoms with E-state index >= 15 is 0 Å². The minimum absolute atomic E-state index is 0.0896. The van der Waals surface area contributed by atoms with Crippen LogP contribution in [0.3, 0.4) is 0 Å². The van der Waals surface area contributed by atoms with Gasteiger partial charge in [-0.3, -0.25) is 0 Å². The molecule has 4 saturated carbocycles. The fourth-order valence-corrected chi connectivity index (χ4v) is 16.3. The lowest BCUT2D eigenvalue weighted by Gasteiger charge is -2.65. The Morgan fingerprint density at radius 1 is 0.460 bits per heavy atom. The largest absolute Gasteiger partial charge is 0.394 e. The second-order valence-corrected chi connectivity index (χ2v) is 26.1. The van der Waals surface area contributed by atoms with Crippen molar-refractivity contribution in [1.82, 2.24) is 0 Å². The summed E-state index contributed by atoms with van der Waals surface area (Å²) in [6.07, 6.45) is -49.5.